The number of non-ortho nitro benzene ring substituents is 1. The molecule has 2 rings (SSSR count). The van der Waals surface area contributed by atoms with E-state index >= 15 is 0 Å². The zero-order chi connectivity index (χ0) is 20.2. The summed E-state index contributed by atoms with van der Waals surface area (Å²) in [6, 6.07) is 15.3. The fourth-order valence-corrected chi connectivity index (χ4v) is 3.17. The van der Waals surface area contributed by atoms with Crippen molar-refractivity contribution in [3.8, 4) is 0 Å². The maximum atomic E-state index is 10.7. The van der Waals surface area contributed by atoms with E-state index < -0.39 is 0 Å². The molecular weight excluding hydrogens is 348 g/mol. The topological polar surface area (TPSA) is 46.4 Å². The van der Waals surface area contributed by atoms with Crippen molar-refractivity contribution in [2.24, 2.45) is 0 Å². The Morgan fingerprint density at radius 2 is 1.25 bits per heavy atom. The van der Waals surface area contributed by atoms with E-state index in [1.165, 1.54) is 56.3 Å². The Balaban J connectivity index is 2.01. The lowest BCUT2D eigenvalue weighted by atomic mass is 10.1. The van der Waals surface area contributed by atoms with Gasteiger partial charge in [0.15, 0.2) is 0 Å². The summed E-state index contributed by atoms with van der Waals surface area (Å²) in [5, 5.41) is 10.7. The molecule has 0 aliphatic rings. The Morgan fingerprint density at radius 3 is 1.68 bits per heavy atom. The Bertz CT molecular complexity index is 726. The van der Waals surface area contributed by atoms with Gasteiger partial charge in [-0.25, -0.2) is 0 Å². The van der Waals surface area contributed by atoms with Crippen LogP contribution in [0.2, 0.25) is 0 Å². The predicted octanol–water partition coefficient (Wildman–Crippen LogP) is 6.95. The first-order valence-electron chi connectivity index (χ1n) is 10.4. The standard InChI is InChI=1S/C24H32N2O2/c1-3-5-7-19-25(20-8-6-4-2)23-15-11-21(12-16-23)9-10-22-13-17-24(18-14-22)26(27)28/h9-18H,3-8,19-20H2,1-2H3/b10-9+. The van der Waals surface area contributed by atoms with Gasteiger partial charge in [-0.3, -0.25) is 10.1 Å². The molecule has 0 spiro atoms. The molecule has 4 heteroatoms. The molecule has 0 saturated carbocycles. The highest BCUT2D eigenvalue weighted by Gasteiger charge is 2.06. The van der Waals surface area contributed by atoms with Crippen molar-refractivity contribution in [1.29, 1.82) is 0 Å². The summed E-state index contributed by atoms with van der Waals surface area (Å²) in [6.45, 7) is 6.73. The highest BCUT2D eigenvalue weighted by molar-refractivity contribution is 5.71. The Morgan fingerprint density at radius 1 is 0.786 bits per heavy atom. The number of nitro benzene ring substituents is 1. The van der Waals surface area contributed by atoms with Gasteiger partial charge in [0.1, 0.15) is 0 Å². The molecule has 0 bridgehead atoms. The average molecular weight is 381 g/mol. The number of nitrogens with zero attached hydrogens (tertiary/aromatic N) is 2. The van der Waals surface area contributed by atoms with E-state index in [1.807, 2.05) is 12.2 Å². The maximum Gasteiger partial charge on any atom is 0.269 e. The minimum atomic E-state index is -0.376. The molecule has 28 heavy (non-hydrogen) atoms. The van der Waals surface area contributed by atoms with Crippen LogP contribution in [0, 0.1) is 10.1 Å². The van der Waals surface area contributed by atoms with Crippen molar-refractivity contribution < 1.29 is 4.92 Å². The second kappa shape index (κ2) is 12.0. The first-order valence-corrected chi connectivity index (χ1v) is 10.4. The number of anilines is 1. The van der Waals surface area contributed by atoms with Crippen LogP contribution in [-0.4, -0.2) is 18.0 Å². The Hall–Kier alpha value is -2.62. The largest absolute Gasteiger partial charge is 0.372 e. The Kier molecular flexibility index (Phi) is 9.26. The van der Waals surface area contributed by atoms with Crippen molar-refractivity contribution >= 4 is 23.5 Å². The SMILES string of the molecule is CCCCCN(CCCCC)c1ccc(/C=C/c2ccc([N+](=O)[O-])cc2)cc1. The predicted molar refractivity (Wildman–Crippen MR) is 120 cm³/mol. The summed E-state index contributed by atoms with van der Waals surface area (Å²) in [4.78, 5) is 12.9. The minimum absolute atomic E-state index is 0.118. The molecule has 0 N–H and O–H groups in total. The number of unbranched alkanes of at least 4 members (excludes halogenated alkanes) is 4. The van der Waals surface area contributed by atoms with Crippen LogP contribution >= 0.6 is 0 Å². The van der Waals surface area contributed by atoms with E-state index in [9.17, 15) is 10.1 Å². The fourth-order valence-electron chi connectivity index (χ4n) is 3.17. The fraction of sp³-hybridized carbons (Fsp3) is 0.417. The lowest BCUT2D eigenvalue weighted by Gasteiger charge is -2.25. The highest BCUT2D eigenvalue weighted by Crippen LogP contribution is 2.19. The molecule has 0 aromatic heterocycles. The van der Waals surface area contributed by atoms with E-state index in [0.717, 1.165) is 24.2 Å². The molecule has 0 amide bonds. The van der Waals surface area contributed by atoms with Crippen LogP contribution in [0.1, 0.15) is 63.5 Å². The minimum Gasteiger partial charge on any atom is -0.372 e. The maximum absolute atomic E-state index is 10.7. The quantitative estimate of drug-likeness (QED) is 0.173. The van der Waals surface area contributed by atoms with Gasteiger partial charge in [0.2, 0.25) is 0 Å². The molecule has 0 unspecified atom stereocenters. The van der Waals surface area contributed by atoms with Crippen molar-refractivity contribution in [2.45, 2.75) is 52.4 Å². The van der Waals surface area contributed by atoms with Crippen molar-refractivity contribution in [3.05, 3.63) is 69.8 Å². The number of hydrogen-bond acceptors (Lipinski definition) is 3. The van der Waals surface area contributed by atoms with Gasteiger partial charge in [0.05, 0.1) is 4.92 Å². The number of hydrogen-bond donors (Lipinski definition) is 0. The molecule has 0 atom stereocenters. The summed E-state index contributed by atoms with van der Waals surface area (Å²) < 4.78 is 0. The summed E-state index contributed by atoms with van der Waals surface area (Å²) in [7, 11) is 0. The number of nitro groups is 1. The number of benzene rings is 2. The average Bonchev–Trinajstić information content (AvgIpc) is 2.72. The molecular formula is C24H32N2O2. The molecule has 150 valence electrons. The van der Waals surface area contributed by atoms with Crippen molar-refractivity contribution in [1.82, 2.24) is 0 Å². The van der Waals surface area contributed by atoms with Gasteiger partial charge in [-0.15, -0.1) is 0 Å². The molecule has 0 aliphatic carbocycles. The van der Waals surface area contributed by atoms with E-state index in [4.69, 9.17) is 0 Å². The van der Waals surface area contributed by atoms with Crippen LogP contribution in [-0.2, 0) is 0 Å². The van der Waals surface area contributed by atoms with Gasteiger partial charge in [0.25, 0.3) is 5.69 Å². The third-order valence-corrected chi connectivity index (χ3v) is 4.89. The Labute approximate surface area is 169 Å². The second-order valence-electron chi connectivity index (χ2n) is 7.17. The smallest absolute Gasteiger partial charge is 0.269 e. The third kappa shape index (κ3) is 7.18. The van der Waals surface area contributed by atoms with Gasteiger partial charge in [-0.2, -0.15) is 0 Å². The zero-order valence-corrected chi connectivity index (χ0v) is 17.1. The first kappa shape index (κ1) is 21.7. The van der Waals surface area contributed by atoms with Gasteiger partial charge < -0.3 is 4.90 Å². The lowest BCUT2D eigenvalue weighted by Crippen LogP contribution is -2.25. The normalized spacial score (nSPS) is 11.1. The number of rotatable bonds is 12. The van der Waals surface area contributed by atoms with Crippen LogP contribution in [0.4, 0.5) is 11.4 Å². The zero-order valence-electron chi connectivity index (χ0n) is 17.1. The molecule has 4 nitrogen and oxygen atoms in total. The molecule has 0 radical (unpaired) electrons. The van der Waals surface area contributed by atoms with Crippen LogP contribution in [0.5, 0.6) is 0 Å². The van der Waals surface area contributed by atoms with Crippen LogP contribution in [0.15, 0.2) is 48.5 Å². The molecule has 0 fully saturated rings. The van der Waals surface area contributed by atoms with E-state index in [1.54, 1.807) is 12.1 Å². The molecule has 2 aromatic carbocycles. The monoisotopic (exact) mass is 380 g/mol. The van der Waals surface area contributed by atoms with Gasteiger partial charge >= 0.3 is 0 Å². The molecule has 2 aromatic rings. The van der Waals surface area contributed by atoms with Crippen molar-refractivity contribution in [3.63, 3.8) is 0 Å². The lowest BCUT2D eigenvalue weighted by molar-refractivity contribution is -0.384. The van der Waals surface area contributed by atoms with Crippen LogP contribution in [0.3, 0.4) is 0 Å². The summed E-state index contributed by atoms with van der Waals surface area (Å²) in [6.07, 6.45) is 11.6. The van der Waals surface area contributed by atoms with E-state index in [2.05, 4.69) is 43.0 Å². The van der Waals surface area contributed by atoms with E-state index in [-0.39, 0.29) is 10.6 Å². The van der Waals surface area contributed by atoms with Gasteiger partial charge in [0, 0.05) is 30.9 Å². The van der Waals surface area contributed by atoms with Crippen LogP contribution in [0.25, 0.3) is 12.2 Å². The second-order valence-corrected chi connectivity index (χ2v) is 7.17. The first-order chi connectivity index (χ1) is 13.6. The van der Waals surface area contributed by atoms with Crippen LogP contribution < -0.4 is 4.90 Å². The van der Waals surface area contributed by atoms with E-state index in [0.29, 0.717) is 0 Å². The third-order valence-electron chi connectivity index (χ3n) is 4.89. The van der Waals surface area contributed by atoms with Gasteiger partial charge in [-0.1, -0.05) is 63.8 Å². The highest BCUT2D eigenvalue weighted by atomic mass is 16.6. The molecule has 0 aliphatic heterocycles. The molecule has 0 saturated heterocycles. The summed E-state index contributed by atoms with van der Waals surface area (Å²) in [5.74, 6) is 0. The van der Waals surface area contributed by atoms with Gasteiger partial charge in [-0.05, 0) is 48.2 Å². The molecule has 0 heterocycles. The summed E-state index contributed by atoms with van der Waals surface area (Å²) in [5.41, 5.74) is 3.49. The van der Waals surface area contributed by atoms with Crippen molar-refractivity contribution in [2.75, 3.05) is 18.0 Å². The summed E-state index contributed by atoms with van der Waals surface area (Å²) >= 11 is 0.